The Bertz CT molecular complexity index is 1200. The van der Waals surface area contributed by atoms with Gasteiger partial charge in [-0.1, -0.05) is 17.7 Å². The summed E-state index contributed by atoms with van der Waals surface area (Å²) >= 11 is 6.01. The number of carbonyl (C=O) groups excluding carboxylic acids is 1. The molecule has 2 heterocycles. The minimum atomic E-state index is -0.113. The summed E-state index contributed by atoms with van der Waals surface area (Å²) in [6, 6.07) is 13.1. The number of piperidine rings is 1. The van der Waals surface area contributed by atoms with Gasteiger partial charge in [0.05, 0.1) is 31.0 Å². The van der Waals surface area contributed by atoms with E-state index in [9.17, 15) is 10.1 Å². The molecule has 4 rings (SSSR count). The molecule has 0 spiro atoms. The lowest BCUT2D eigenvalue weighted by Crippen LogP contribution is -2.38. The van der Waals surface area contributed by atoms with E-state index in [4.69, 9.17) is 21.1 Å². The van der Waals surface area contributed by atoms with Crippen LogP contribution < -0.4 is 19.7 Å². The molecule has 0 radical (unpaired) electrons. The quantitative estimate of drug-likeness (QED) is 0.609. The molecule has 0 unspecified atom stereocenters. The number of fused-ring (bicyclic) bond motifs is 1. The first-order valence-electron chi connectivity index (χ1n) is 10.3. The first-order chi connectivity index (χ1) is 15.5. The van der Waals surface area contributed by atoms with Crippen molar-refractivity contribution in [1.82, 2.24) is 4.98 Å². The highest BCUT2D eigenvalue weighted by molar-refractivity contribution is 6.30. The molecule has 0 saturated carbocycles. The maximum atomic E-state index is 12.7. The number of anilines is 2. The summed E-state index contributed by atoms with van der Waals surface area (Å²) in [5, 5.41) is 14.1. The molecule has 1 saturated heterocycles. The number of nitrogens with one attached hydrogen (secondary N) is 1. The third-order valence-corrected chi connectivity index (χ3v) is 5.97. The summed E-state index contributed by atoms with van der Waals surface area (Å²) in [4.78, 5) is 19.3. The van der Waals surface area contributed by atoms with Crippen LogP contribution in [0.5, 0.6) is 11.5 Å². The number of halogens is 1. The standard InChI is InChI=1S/C24H23ClN4O3/c1-31-21-11-19-20(12-22(21)32-2)27-14-16(13-26)23(19)29-8-6-15(7-9-29)24(30)28-18-5-3-4-17(25)10-18/h3-5,10-12,14-15H,6-9H2,1-2H3,(H,28,30). The van der Waals surface area contributed by atoms with Crippen molar-refractivity contribution >= 4 is 39.8 Å². The summed E-state index contributed by atoms with van der Waals surface area (Å²) in [7, 11) is 3.16. The molecule has 7 nitrogen and oxygen atoms in total. The van der Waals surface area contributed by atoms with Crippen molar-refractivity contribution in [2.75, 3.05) is 37.5 Å². The van der Waals surface area contributed by atoms with Crippen LogP contribution in [0.1, 0.15) is 18.4 Å². The average molecular weight is 451 g/mol. The summed E-state index contributed by atoms with van der Waals surface area (Å²) in [5.41, 5.74) is 2.72. The molecule has 1 aliphatic rings. The number of hydrogen-bond acceptors (Lipinski definition) is 6. The van der Waals surface area contributed by atoms with Crippen molar-refractivity contribution < 1.29 is 14.3 Å². The first-order valence-corrected chi connectivity index (χ1v) is 10.7. The van der Waals surface area contributed by atoms with Crippen LogP contribution in [0.3, 0.4) is 0 Å². The highest BCUT2D eigenvalue weighted by Gasteiger charge is 2.28. The fourth-order valence-electron chi connectivity index (χ4n) is 4.10. The summed E-state index contributed by atoms with van der Waals surface area (Å²) in [6.45, 7) is 1.30. The van der Waals surface area contributed by atoms with E-state index in [1.54, 1.807) is 32.5 Å². The van der Waals surface area contributed by atoms with Crippen molar-refractivity contribution in [3.8, 4) is 17.6 Å². The molecule has 32 heavy (non-hydrogen) atoms. The molecule has 1 amide bonds. The second-order valence-electron chi connectivity index (χ2n) is 7.62. The number of amides is 1. The van der Waals surface area contributed by atoms with Gasteiger partial charge in [-0.15, -0.1) is 0 Å². The molecule has 164 valence electrons. The second-order valence-corrected chi connectivity index (χ2v) is 8.05. The summed E-state index contributed by atoms with van der Waals surface area (Å²) < 4.78 is 10.8. The Morgan fingerprint density at radius 3 is 2.56 bits per heavy atom. The van der Waals surface area contributed by atoms with E-state index < -0.39 is 0 Å². The first kappa shape index (κ1) is 21.7. The number of nitriles is 1. The predicted molar refractivity (Wildman–Crippen MR) is 125 cm³/mol. The van der Waals surface area contributed by atoms with Crippen LogP contribution in [-0.4, -0.2) is 38.2 Å². The van der Waals surface area contributed by atoms with E-state index in [1.807, 2.05) is 24.3 Å². The van der Waals surface area contributed by atoms with Crippen molar-refractivity contribution in [3.05, 3.63) is 53.2 Å². The molecule has 0 bridgehead atoms. The molecule has 0 aliphatic carbocycles. The average Bonchev–Trinajstić information content (AvgIpc) is 2.82. The van der Waals surface area contributed by atoms with Gasteiger partial charge in [-0.05, 0) is 37.1 Å². The lowest BCUT2D eigenvalue weighted by Gasteiger charge is -2.34. The van der Waals surface area contributed by atoms with Crippen LogP contribution in [0.4, 0.5) is 11.4 Å². The second kappa shape index (κ2) is 9.33. The van der Waals surface area contributed by atoms with Gasteiger partial charge in [0.25, 0.3) is 0 Å². The molecule has 8 heteroatoms. The SMILES string of the molecule is COc1cc2ncc(C#N)c(N3CCC(C(=O)Nc4cccc(Cl)c4)CC3)c2cc1OC. The van der Waals surface area contributed by atoms with E-state index in [0.29, 0.717) is 53.7 Å². The molecule has 1 fully saturated rings. The highest BCUT2D eigenvalue weighted by atomic mass is 35.5. The maximum absolute atomic E-state index is 12.7. The van der Waals surface area contributed by atoms with Crippen LogP contribution in [0, 0.1) is 17.2 Å². The molecule has 2 aromatic carbocycles. The van der Waals surface area contributed by atoms with Gasteiger partial charge in [0.2, 0.25) is 5.91 Å². The van der Waals surface area contributed by atoms with Gasteiger partial charge >= 0.3 is 0 Å². The number of pyridine rings is 1. The molecule has 1 aliphatic heterocycles. The smallest absolute Gasteiger partial charge is 0.227 e. The highest BCUT2D eigenvalue weighted by Crippen LogP contribution is 2.38. The number of ether oxygens (including phenoxy) is 2. The van der Waals surface area contributed by atoms with Crippen molar-refractivity contribution in [2.24, 2.45) is 5.92 Å². The van der Waals surface area contributed by atoms with Crippen LogP contribution in [-0.2, 0) is 4.79 Å². The third kappa shape index (κ3) is 4.27. The minimum absolute atomic E-state index is 0.0154. The Morgan fingerprint density at radius 1 is 1.19 bits per heavy atom. The van der Waals surface area contributed by atoms with Gasteiger partial charge < -0.3 is 19.7 Å². The predicted octanol–water partition coefficient (Wildman–Crippen LogP) is 4.63. The van der Waals surface area contributed by atoms with Crippen molar-refractivity contribution in [1.29, 1.82) is 5.26 Å². The lowest BCUT2D eigenvalue weighted by atomic mass is 9.94. The van der Waals surface area contributed by atoms with Gasteiger partial charge in [0.1, 0.15) is 6.07 Å². The fourth-order valence-corrected chi connectivity index (χ4v) is 4.29. The van der Waals surface area contributed by atoms with Crippen molar-refractivity contribution in [2.45, 2.75) is 12.8 Å². The Labute approximate surface area is 191 Å². The van der Waals surface area contributed by atoms with E-state index in [1.165, 1.54) is 0 Å². The number of carbonyl (C=O) groups is 1. The lowest BCUT2D eigenvalue weighted by molar-refractivity contribution is -0.120. The van der Waals surface area contributed by atoms with Gasteiger partial charge in [-0.25, -0.2) is 0 Å². The number of aromatic nitrogens is 1. The van der Waals surface area contributed by atoms with Crippen molar-refractivity contribution in [3.63, 3.8) is 0 Å². The van der Waals surface area contributed by atoms with Gasteiger partial charge in [-0.3, -0.25) is 9.78 Å². The van der Waals surface area contributed by atoms with E-state index in [0.717, 1.165) is 16.6 Å². The maximum Gasteiger partial charge on any atom is 0.227 e. The summed E-state index contributed by atoms with van der Waals surface area (Å²) in [5.74, 6) is 1.03. The number of hydrogen-bond donors (Lipinski definition) is 1. The van der Waals surface area contributed by atoms with Crippen LogP contribution in [0.15, 0.2) is 42.6 Å². The van der Waals surface area contributed by atoms with E-state index in [-0.39, 0.29) is 11.8 Å². The zero-order chi connectivity index (χ0) is 22.7. The Morgan fingerprint density at radius 2 is 1.91 bits per heavy atom. The minimum Gasteiger partial charge on any atom is -0.493 e. The van der Waals surface area contributed by atoms with Gasteiger partial charge in [-0.2, -0.15) is 5.26 Å². The number of benzene rings is 2. The Hall–Kier alpha value is -3.50. The Balaban J connectivity index is 1.57. The zero-order valence-corrected chi connectivity index (χ0v) is 18.6. The topological polar surface area (TPSA) is 87.5 Å². The fraction of sp³-hybridized carbons (Fsp3) is 0.292. The molecular formula is C24H23ClN4O3. The van der Waals surface area contributed by atoms with Gasteiger partial charge in [0.15, 0.2) is 11.5 Å². The summed E-state index contributed by atoms with van der Waals surface area (Å²) in [6.07, 6.45) is 2.93. The molecule has 1 aromatic heterocycles. The van der Waals surface area contributed by atoms with Crippen LogP contribution in [0.25, 0.3) is 10.9 Å². The molecule has 0 atom stereocenters. The van der Waals surface area contributed by atoms with Crippen LogP contribution >= 0.6 is 11.6 Å². The van der Waals surface area contributed by atoms with Gasteiger partial charge in [0, 0.05) is 47.4 Å². The Kier molecular flexibility index (Phi) is 6.33. The molecule has 1 N–H and O–H groups in total. The monoisotopic (exact) mass is 450 g/mol. The molecular weight excluding hydrogens is 428 g/mol. The largest absolute Gasteiger partial charge is 0.493 e. The number of methoxy groups -OCH3 is 2. The third-order valence-electron chi connectivity index (χ3n) is 5.74. The van der Waals surface area contributed by atoms with E-state index >= 15 is 0 Å². The number of rotatable bonds is 5. The van der Waals surface area contributed by atoms with E-state index in [2.05, 4.69) is 21.3 Å². The molecule has 3 aromatic rings. The van der Waals surface area contributed by atoms with Crippen LogP contribution in [0.2, 0.25) is 5.02 Å². The zero-order valence-electron chi connectivity index (χ0n) is 17.9. The normalized spacial score (nSPS) is 14.1. The number of nitrogens with zero attached hydrogens (tertiary/aromatic N) is 3.